The molecule has 2 aliphatic carbocycles. The molecule has 3 heterocycles. The van der Waals surface area contributed by atoms with Gasteiger partial charge in [0, 0.05) is 18.4 Å². The third-order valence-electron chi connectivity index (χ3n) is 8.93. The van der Waals surface area contributed by atoms with Gasteiger partial charge in [0.2, 0.25) is 17.7 Å². The quantitative estimate of drug-likeness (QED) is 0.266. The number of carbonyl (C=O) groups excluding carboxylic acids is 4. The van der Waals surface area contributed by atoms with E-state index in [0.717, 1.165) is 30.4 Å². The summed E-state index contributed by atoms with van der Waals surface area (Å²) in [5.41, 5.74) is -1.24. The standard InChI is InChI=1S/C33H44N4O8S/c1-7-19-17-33(19,30(40)42-6)36-28(38)23-15-21(44-24-16-25(43-8-2)34-22-13-14-46-26(22)24)18-37(23)29(39)27(32(3,4)5)35-31(41)45-20-11-9-10-12-20/h7,13-14,16,19-21,23,27H,1,8-12,15,17-18H2,2-6H3,(H,35,41)(H,36,38)/t19-,21-,23+,27-,33-/m1/s1. The smallest absolute Gasteiger partial charge is 0.408 e. The maximum absolute atomic E-state index is 14.4. The zero-order chi connectivity index (χ0) is 33.2. The molecule has 5 rings (SSSR count). The van der Waals surface area contributed by atoms with Crippen LogP contribution in [0.3, 0.4) is 0 Å². The lowest BCUT2D eigenvalue weighted by atomic mass is 9.85. The zero-order valence-electron chi connectivity index (χ0n) is 27.1. The second-order valence-electron chi connectivity index (χ2n) is 13.3. The van der Waals surface area contributed by atoms with Crippen LogP contribution in [0.1, 0.15) is 66.2 Å². The third kappa shape index (κ3) is 6.93. The van der Waals surface area contributed by atoms with Crippen LogP contribution >= 0.6 is 11.3 Å². The summed E-state index contributed by atoms with van der Waals surface area (Å²) in [6, 6.07) is 1.60. The van der Waals surface area contributed by atoms with Crippen LogP contribution in [0.5, 0.6) is 11.6 Å². The first-order chi connectivity index (χ1) is 21.9. The lowest BCUT2D eigenvalue weighted by Crippen LogP contribution is -2.59. The summed E-state index contributed by atoms with van der Waals surface area (Å²) in [5, 5.41) is 7.58. The molecule has 13 heteroatoms. The molecule has 1 aliphatic heterocycles. The van der Waals surface area contributed by atoms with E-state index in [-0.39, 0.29) is 25.0 Å². The number of nitrogens with one attached hydrogen (secondary N) is 2. The molecule has 1 saturated heterocycles. The molecule has 3 aliphatic rings. The number of hydrogen-bond acceptors (Lipinski definition) is 10. The van der Waals surface area contributed by atoms with Gasteiger partial charge < -0.3 is 34.5 Å². The molecule has 0 aromatic carbocycles. The molecule has 3 amide bonds. The monoisotopic (exact) mass is 656 g/mol. The van der Waals surface area contributed by atoms with Gasteiger partial charge in [-0.15, -0.1) is 17.9 Å². The van der Waals surface area contributed by atoms with Crippen LogP contribution in [-0.2, 0) is 23.9 Å². The summed E-state index contributed by atoms with van der Waals surface area (Å²) in [4.78, 5) is 60.0. The minimum absolute atomic E-state index is 0.0676. The number of rotatable bonds is 11. The van der Waals surface area contributed by atoms with Crippen molar-refractivity contribution in [3.63, 3.8) is 0 Å². The molecule has 2 aromatic heterocycles. The maximum atomic E-state index is 14.4. The van der Waals surface area contributed by atoms with Crippen LogP contribution in [0.15, 0.2) is 30.2 Å². The summed E-state index contributed by atoms with van der Waals surface area (Å²) in [7, 11) is 1.27. The highest BCUT2D eigenvalue weighted by molar-refractivity contribution is 7.17. The molecular weight excluding hydrogens is 612 g/mol. The molecule has 2 saturated carbocycles. The number of amides is 3. The van der Waals surface area contributed by atoms with E-state index < -0.39 is 53.0 Å². The van der Waals surface area contributed by atoms with Crippen LogP contribution < -0.4 is 20.1 Å². The van der Waals surface area contributed by atoms with Gasteiger partial charge in [-0.05, 0) is 55.9 Å². The van der Waals surface area contributed by atoms with Crippen LogP contribution in [0, 0.1) is 11.3 Å². The van der Waals surface area contributed by atoms with Gasteiger partial charge in [-0.2, -0.15) is 0 Å². The van der Waals surface area contributed by atoms with Gasteiger partial charge in [0.05, 0.1) is 30.5 Å². The largest absolute Gasteiger partial charge is 0.487 e. The molecule has 0 unspecified atom stereocenters. The number of aromatic nitrogens is 1. The Bertz CT molecular complexity index is 1480. The summed E-state index contributed by atoms with van der Waals surface area (Å²) in [6.07, 6.45) is 4.25. The van der Waals surface area contributed by atoms with E-state index in [2.05, 4.69) is 22.2 Å². The molecule has 5 atom stereocenters. The van der Waals surface area contributed by atoms with Crippen molar-refractivity contribution >= 4 is 45.4 Å². The number of alkyl carbamates (subject to hydrolysis) is 1. The number of carbonyl (C=O) groups is 4. The highest BCUT2D eigenvalue weighted by atomic mass is 32.1. The SMILES string of the molecule is C=C[C@@H]1C[C@]1(NC(=O)[C@@H]1C[C@@H](Oc2cc(OCC)nc3ccsc23)CN1C(=O)[C@@H](NC(=O)OC1CCCC1)C(C)(C)C)C(=O)OC. The number of likely N-dealkylation sites (tertiary alicyclic amines) is 1. The molecule has 46 heavy (non-hydrogen) atoms. The van der Waals surface area contributed by atoms with Crippen molar-refractivity contribution in [1.82, 2.24) is 20.5 Å². The molecule has 3 fully saturated rings. The second kappa shape index (κ2) is 13.5. The van der Waals surface area contributed by atoms with E-state index >= 15 is 0 Å². The fourth-order valence-corrected chi connectivity index (χ4v) is 7.17. The average molecular weight is 657 g/mol. The van der Waals surface area contributed by atoms with Crippen LogP contribution in [0.2, 0.25) is 0 Å². The van der Waals surface area contributed by atoms with Crippen LogP contribution in [0.25, 0.3) is 10.2 Å². The Morgan fingerprint density at radius 3 is 2.59 bits per heavy atom. The number of ether oxygens (including phenoxy) is 4. The van der Waals surface area contributed by atoms with E-state index in [1.165, 1.54) is 23.3 Å². The van der Waals surface area contributed by atoms with Crippen molar-refractivity contribution in [3.05, 3.63) is 30.2 Å². The zero-order valence-corrected chi connectivity index (χ0v) is 27.9. The first-order valence-electron chi connectivity index (χ1n) is 15.9. The van der Waals surface area contributed by atoms with E-state index in [1.807, 2.05) is 39.1 Å². The fraction of sp³-hybridized carbons (Fsp3) is 0.606. The van der Waals surface area contributed by atoms with Crippen LogP contribution in [0.4, 0.5) is 4.79 Å². The minimum Gasteiger partial charge on any atom is -0.487 e. The van der Waals surface area contributed by atoms with E-state index in [0.29, 0.717) is 30.2 Å². The van der Waals surface area contributed by atoms with Crippen molar-refractivity contribution in [2.75, 3.05) is 20.3 Å². The van der Waals surface area contributed by atoms with Gasteiger partial charge >= 0.3 is 12.1 Å². The molecule has 2 N–H and O–H groups in total. The van der Waals surface area contributed by atoms with Gasteiger partial charge in [0.1, 0.15) is 35.6 Å². The highest BCUT2D eigenvalue weighted by Gasteiger charge is 2.62. The summed E-state index contributed by atoms with van der Waals surface area (Å²) >= 11 is 1.47. The Morgan fingerprint density at radius 1 is 1.22 bits per heavy atom. The molecule has 0 spiro atoms. The summed E-state index contributed by atoms with van der Waals surface area (Å²) < 4.78 is 23.6. The Balaban J connectivity index is 1.42. The van der Waals surface area contributed by atoms with Gasteiger partial charge in [0.15, 0.2) is 0 Å². The van der Waals surface area contributed by atoms with Gasteiger partial charge in [-0.1, -0.05) is 26.8 Å². The predicted octanol–water partition coefficient (Wildman–Crippen LogP) is 4.36. The van der Waals surface area contributed by atoms with Crippen LogP contribution in [-0.4, -0.2) is 83.9 Å². The van der Waals surface area contributed by atoms with Crippen molar-refractivity contribution in [3.8, 4) is 11.6 Å². The molecule has 0 bridgehead atoms. The first-order valence-corrected chi connectivity index (χ1v) is 16.8. The third-order valence-corrected chi connectivity index (χ3v) is 9.85. The van der Waals surface area contributed by atoms with Crippen molar-refractivity contribution < 1.29 is 38.1 Å². The topological polar surface area (TPSA) is 145 Å². The molecule has 250 valence electrons. The summed E-state index contributed by atoms with van der Waals surface area (Å²) in [6.45, 7) is 11.7. The lowest BCUT2D eigenvalue weighted by molar-refractivity contribution is -0.148. The van der Waals surface area contributed by atoms with E-state index in [1.54, 1.807) is 12.1 Å². The van der Waals surface area contributed by atoms with Crippen molar-refractivity contribution in [2.45, 2.75) is 96.1 Å². The Hall–Kier alpha value is -3.87. The number of pyridine rings is 1. The molecular formula is C33H44N4O8S. The number of fused-ring (bicyclic) bond motifs is 1. The minimum atomic E-state index is -1.24. The Morgan fingerprint density at radius 2 is 1.96 bits per heavy atom. The normalized spacial score (nSPS) is 25.1. The lowest BCUT2D eigenvalue weighted by Gasteiger charge is -2.35. The molecule has 2 aromatic rings. The highest BCUT2D eigenvalue weighted by Crippen LogP contribution is 2.46. The molecule has 0 radical (unpaired) electrons. The van der Waals surface area contributed by atoms with E-state index in [9.17, 15) is 19.2 Å². The van der Waals surface area contributed by atoms with Gasteiger partial charge in [-0.3, -0.25) is 9.59 Å². The maximum Gasteiger partial charge on any atom is 0.408 e. The fourth-order valence-electron chi connectivity index (χ4n) is 6.38. The summed E-state index contributed by atoms with van der Waals surface area (Å²) in [5.74, 6) is -0.883. The second-order valence-corrected chi connectivity index (χ2v) is 14.2. The van der Waals surface area contributed by atoms with E-state index in [4.69, 9.17) is 18.9 Å². The average Bonchev–Trinajstić information content (AvgIpc) is 3.45. The molecule has 12 nitrogen and oxygen atoms in total. The van der Waals surface area contributed by atoms with Crippen molar-refractivity contribution in [2.24, 2.45) is 11.3 Å². The van der Waals surface area contributed by atoms with Gasteiger partial charge in [-0.25, -0.2) is 14.6 Å². The number of methoxy groups -OCH3 is 1. The number of thiophene rings is 1. The van der Waals surface area contributed by atoms with Gasteiger partial charge in [0.25, 0.3) is 0 Å². The van der Waals surface area contributed by atoms with Crippen molar-refractivity contribution in [1.29, 1.82) is 0 Å². The number of hydrogen-bond donors (Lipinski definition) is 2. The number of esters is 1. The predicted molar refractivity (Wildman–Crippen MR) is 172 cm³/mol. The first kappa shape index (κ1) is 33.5. The Kier molecular flexibility index (Phi) is 9.81. The number of nitrogens with zero attached hydrogens (tertiary/aromatic N) is 2. The Labute approximate surface area is 273 Å².